The molecule has 20 heavy (non-hydrogen) atoms. The van der Waals surface area contributed by atoms with Gasteiger partial charge < -0.3 is 5.32 Å². The molecule has 1 saturated heterocycles. The van der Waals surface area contributed by atoms with Crippen LogP contribution in [0.3, 0.4) is 0 Å². The molecule has 2 N–H and O–H groups in total. The number of piperidine rings is 1. The fourth-order valence-electron chi connectivity index (χ4n) is 2.71. The zero-order chi connectivity index (χ0) is 14.5. The van der Waals surface area contributed by atoms with Gasteiger partial charge in [-0.15, -0.1) is 0 Å². The van der Waals surface area contributed by atoms with Crippen molar-refractivity contribution in [1.82, 2.24) is 10.0 Å². The van der Waals surface area contributed by atoms with Gasteiger partial charge in [-0.25, -0.2) is 21.6 Å². The maximum absolute atomic E-state index is 12.2. The van der Waals surface area contributed by atoms with E-state index >= 15 is 0 Å². The lowest BCUT2D eigenvalue weighted by atomic mass is 10.4. The van der Waals surface area contributed by atoms with Gasteiger partial charge in [0, 0.05) is 12.3 Å². The highest BCUT2D eigenvalue weighted by Gasteiger charge is 2.54. The van der Waals surface area contributed by atoms with E-state index < -0.39 is 19.9 Å². The molecular weight excluding hydrogens is 300 g/mol. The lowest BCUT2D eigenvalue weighted by Gasteiger charge is -2.09. The summed E-state index contributed by atoms with van der Waals surface area (Å²) in [7, 11) is -6.89. The molecule has 1 aliphatic carbocycles. The van der Waals surface area contributed by atoms with Gasteiger partial charge in [0.25, 0.3) is 0 Å². The summed E-state index contributed by atoms with van der Waals surface area (Å²) in [6, 6.07) is 5.30. The number of sulfone groups is 1. The predicted octanol–water partition coefficient (Wildman–Crippen LogP) is -0.414. The first-order chi connectivity index (χ1) is 9.29. The Balaban J connectivity index is 1.78. The average Bonchev–Trinajstić information content (AvgIpc) is 2.82. The SMILES string of the molecule is CS(=O)(=O)c1ccc(S(=O)(=O)NC2C3CNCC32)cc1. The normalized spacial score (nSPS) is 29.1. The number of hydrogen-bond donors (Lipinski definition) is 2. The highest BCUT2D eigenvalue weighted by molar-refractivity contribution is 7.90. The van der Waals surface area contributed by atoms with Crippen LogP contribution in [0.15, 0.2) is 34.1 Å². The summed E-state index contributed by atoms with van der Waals surface area (Å²) >= 11 is 0. The summed E-state index contributed by atoms with van der Waals surface area (Å²) in [4.78, 5) is 0.215. The maximum atomic E-state index is 12.2. The van der Waals surface area contributed by atoms with Crippen LogP contribution in [0, 0.1) is 11.8 Å². The molecule has 6 nitrogen and oxygen atoms in total. The first kappa shape index (κ1) is 14.0. The van der Waals surface area contributed by atoms with Crippen molar-refractivity contribution in [1.29, 1.82) is 0 Å². The first-order valence-electron chi connectivity index (χ1n) is 6.32. The predicted molar refractivity (Wildman–Crippen MR) is 73.5 cm³/mol. The molecule has 3 rings (SSSR count). The summed E-state index contributed by atoms with van der Waals surface area (Å²) in [5.74, 6) is 0.778. The fourth-order valence-corrected chi connectivity index (χ4v) is 4.68. The number of rotatable bonds is 4. The van der Waals surface area contributed by atoms with E-state index in [1.54, 1.807) is 0 Å². The molecule has 0 bridgehead atoms. The monoisotopic (exact) mass is 316 g/mol. The quantitative estimate of drug-likeness (QED) is 0.787. The number of fused-ring (bicyclic) bond motifs is 1. The van der Waals surface area contributed by atoms with E-state index in [2.05, 4.69) is 10.0 Å². The molecule has 1 saturated carbocycles. The van der Waals surface area contributed by atoms with Gasteiger partial charge in [0.05, 0.1) is 9.79 Å². The number of benzene rings is 1. The average molecular weight is 316 g/mol. The molecular formula is C12H16N2O4S2. The van der Waals surface area contributed by atoms with Crippen molar-refractivity contribution < 1.29 is 16.8 Å². The smallest absolute Gasteiger partial charge is 0.240 e. The van der Waals surface area contributed by atoms with Gasteiger partial charge >= 0.3 is 0 Å². The Labute approximate surface area is 118 Å². The van der Waals surface area contributed by atoms with Crippen LogP contribution in [0.1, 0.15) is 0 Å². The van der Waals surface area contributed by atoms with Crippen molar-refractivity contribution in [3.63, 3.8) is 0 Å². The van der Waals surface area contributed by atoms with Crippen LogP contribution in [0.2, 0.25) is 0 Å². The molecule has 1 aromatic carbocycles. The third-order valence-electron chi connectivity index (χ3n) is 3.95. The van der Waals surface area contributed by atoms with Crippen molar-refractivity contribution in [3.8, 4) is 0 Å². The zero-order valence-corrected chi connectivity index (χ0v) is 12.5. The lowest BCUT2D eigenvalue weighted by molar-refractivity contribution is 0.565. The minimum absolute atomic E-state index is 0.0100. The molecule has 2 atom stereocenters. The van der Waals surface area contributed by atoms with E-state index in [1.807, 2.05) is 0 Å². The van der Waals surface area contributed by atoms with Gasteiger partial charge in [-0.05, 0) is 49.2 Å². The van der Waals surface area contributed by atoms with E-state index in [0.717, 1.165) is 19.3 Å². The molecule has 2 unspecified atom stereocenters. The van der Waals surface area contributed by atoms with Gasteiger partial charge in [-0.1, -0.05) is 0 Å². The van der Waals surface area contributed by atoms with E-state index in [4.69, 9.17) is 0 Å². The van der Waals surface area contributed by atoms with Crippen molar-refractivity contribution in [2.24, 2.45) is 11.8 Å². The van der Waals surface area contributed by atoms with E-state index in [-0.39, 0.29) is 15.8 Å². The van der Waals surface area contributed by atoms with E-state index in [0.29, 0.717) is 11.8 Å². The van der Waals surface area contributed by atoms with Crippen LogP contribution in [-0.2, 0) is 19.9 Å². The van der Waals surface area contributed by atoms with Crippen LogP contribution in [-0.4, -0.2) is 42.2 Å². The fraction of sp³-hybridized carbons (Fsp3) is 0.500. The molecule has 8 heteroatoms. The van der Waals surface area contributed by atoms with Crippen molar-refractivity contribution in [2.45, 2.75) is 15.8 Å². The highest BCUT2D eigenvalue weighted by Crippen LogP contribution is 2.42. The Bertz CT molecular complexity index is 715. The van der Waals surface area contributed by atoms with E-state index in [9.17, 15) is 16.8 Å². The Morgan fingerprint density at radius 3 is 2.00 bits per heavy atom. The van der Waals surface area contributed by atoms with Gasteiger partial charge in [0.15, 0.2) is 9.84 Å². The lowest BCUT2D eigenvalue weighted by Crippen LogP contribution is -2.32. The Kier molecular flexibility index (Phi) is 3.16. The molecule has 1 aliphatic heterocycles. The van der Waals surface area contributed by atoms with Crippen LogP contribution < -0.4 is 10.0 Å². The van der Waals surface area contributed by atoms with Crippen molar-refractivity contribution in [3.05, 3.63) is 24.3 Å². The molecule has 0 aromatic heterocycles. The second kappa shape index (κ2) is 4.52. The Hall–Kier alpha value is -0.960. The molecule has 0 spiro atoms. The standard InChI is InChI=1S/C12H16N2O4S2/c1-19(15,16)8-2-4-9(5-3-8)20(17,18)14-12-10-6-13-7-11(10)12/h2-5,10-14H,6-7H2,1H3. The number of nitrogens with one attached hydrogen (secondary N) is 2. The van der Waals surface area contributed by atoms with Crippen molar-refractivity contribution >= 4 is 19.9 Å². The number of hydrogen-bond acceptors (Lipinski definition) is 5. The van der Waals surface area contributed by atoms with Crippen LogP contribution >= 0.6 is 0 Å². The third-order valence-corrected chi connectivity index (χ3v) is 6.55. The molecule has 1 aromatic rings. The van der Waals surface area contributed by atoms with Gasteiger partial charge in [-0.2, -0.15) is 0 Å². The molecule has 0 radical (unpaired) electrons. The largest absolute Gasteiger partial charge is 0.316 e. The van der Waals surface area contributed by atoms with Crippen LogP contribution in [0.5, 0.6) is 0 Å². The third kappa shape index (κ3) is 2.48. The zero-order valence-electron chi connectivity index (χ0n) is 10.9. The van der Waals surface area contributed by atoms with Gasteiger partial charge in [0.2, 0.25) is 10.0 Å². The topological polar surface area (TPSA) is 92.3 Å². The highest BCUT2D eigenvalue weighted by atomic mass is 32.2. The maximum Gasteiger partial charge on any atom is 0.240 e. The summed E-state index contributed by atoms with van der Waals surface area (Å²) in [5, 5.41) is 3.20. The summed E-state index contributed by atoms with van der Waals surface area (Å²) in [6.45, 7) is 1.70. The molecule has 2 aliphatic rings. The van der Waals surface area contributed by atoms with Crippen LogP contribution in [0.25, 0.3) is 0 Å². The second-order valence-electron chi connectivity index (χ2n) is 5.38. The number of sulfonamides is 1. The molecule has 1 heterocycles. The van der Waals surface area contributed by atoms with Crippen LogP contribution in [0.4, 0.5) is 0 Å². The summed E-state index contributed by atoms with van der Waals surface area (Å²) < 4.78 is 49.8. The molecule has 110 valence electrons. The minimum Gasteiger partial charge on any atom is -0.316 e. The van der Waals surface area contributed by atoms with Gasteiger partial charge in [0.1, 0.15) is 0 Å². The Morgan fingerprint density at radius 2 is 1.50 bits per heavy atom. The molecule has 2 fully saturated rings. The summed E-state index contributed by atoms with van der Waals surface area (Å²) in [6.07, 6.45) is 1.09. The minimum atomic E-state index is -3.57. The first-order valence-corrected chi connectivity index (χ1v) is 9.70. The van der Waals surface area contributed by atoms with Gasteiger partial charge in [-0.3, -0.25) is 0 Å². The second-order valence-corrected chi connectivity index (χ2v) is 9.11. The summed E-state index contributed by atoms with van der Waals surface area (Å²) in [5.41, 5.74) is 0. The van der Waals surface area contributed by atoms with Crippen molar-refractivity contribution in [2.75, 3.05) is 19.3 Å². The molecule has 0 amide bonds. The Morgan fingerprint density at radius 1 is 1.00 bits per heavy atom. The van der Waals surface area contributed by atoms with E-state index in [1.165, 1.54) is 24.3 Å².